The molecule has 1 N–H and O–H groups in total. The lowest BCUT2D eigenvalue weighted by Gasteiger charge is -2.27. The normalized spacial score (nSPS) is 13.8. The molecule has 108 valence electrons. The lowest BCUT2D eigenvalue weighted by Crippen LogP contribution is -2.41. The monoisotopic (exact) mass is 339 g/mol. The number of esters is 1. The molecule has 20 heavy (non-hydrogen) atoms. The second kappa shape index (κ2) is 7.24. The molecule has 0 aliphatic carbocycles. The number of benzene rings is 1. The third kappa shape index (κ3) is 4.81. The zero-order chi connectivity index (χ0) is 15.2. The van der Waals surface area contributed by atoms with Crippen LogP contribution in [-0.4, -0.2) is 18.5 Å². The summed E-state index contributed by atoms with van der Waals surface area (Å²) in [5.41, 5.74) is 0.0881. The third-order valence-electron chi connectivity index (χ3n) is 2.70. The van der Waals surface area contributed by atoms with Crippen molar-refractivity contribution < 1.29 is 14.3 Å². The van der Waals surface area contributed by atoms with Gasteiger partial charge < -0.3 is 10.1 Å². The molecule has 0 aliphatic rings. The Kier molecular flexibility index (Phi) is 5.95. The Morgan fingerprint density at radius 2 is 2.15 bits per heavy atom. The lowest BCUT2D eigenvalue weighted by atomic mass is 9.91. The first kappa shape index (κ1) is 16.4. The number of hydrogen-bond acceptors (Lipinski definition) is 3. The van der Waals surface area contributed by atoms with Crippen LogP contribution < -0.4 is 5.32 Å². The standard InChI is InChI=1S/C15H18BrNO3/c1-4-20-14(19)8-9-15(3,17-11(2)18)12-6-5-7-13(16)10-12/h5-10H,4H2,1-3H3,(H,17,18)/b9-8+. The van der Waals surface area contributed by atoms with E-state index in [1.165, 1.54) is 13.0 Å². The third-order valence-corrected chi connectivity index (χ3v) is 3.19. The smallest absolute Gasteiger partial charge is 0.330 e. The van der Waals surface area contributed by atoms with Gasteiger partial charge in [-0.25, -0.2) is 4.79 Å². The molecule has 1 atom stereocenters. The van der Waals surface area contributed by atoms with Crippen molar-refractivity contribution in [2.75, 3.05) is 6.61 Å². The molecular formula is C15H18BrNO3. The Morgan fingerprint density at radius 3 is 2.70 bits per heavy atom. The summed E-state index contributed by atoms with van der Waals surface area (Å²) in [6.45, 7) is 5.32. The van der Waals surface area contributed by atoms with Gasteiger partial charge >= 0.3 is 5.97 Å². The fourth-order valence-corrected chi connectivity index (χ4v) is 2.21. The number of ether oxygens (including phenoxy) is 1. The second-order valence-electron chi connectivity index (χ2n) is 4.48. The van der Waals surface area contributed by atoms with Crippen LogP contribution >= 0.6 is 15.9 Å². The summed E-state index contributed by atoms with van der Waals surface area (Å²) >= 11 is 3.40. The first-order valence-electron chi connectivity index (χ1n) is 6.28. The van der Waals surface area contributed by atoms with Crippen molar-refractivity contribution in [3.8, 4) is 0 Å². The molecule has 1 aromatic rings. The van der Waals surface area contributed by atoms with Gasteiger partial charge in [0.25, 0.3) is 0 Å². The zero-order valence-electron chi connectivity index (χ0n) is 11.8. The van der Waals surface area contributed by atoms with E-state index in [-0.39, 0.29) is 5.91 Å². The SMILES string of the molecule is CCOC(=O)/C=C/C(C)(NC(C)=O)c1cccc(Br)c1. The van der Waals surface area contributed by atoms with Gasteiger partial charge in [0.2, 0.25) is 5.91 Å². The van der Waals surface area contributed by atoms with Crippen molar-refractivity contribution in [2.24, 2.45) is 0 Å². The van der Waals surface area contributed by atoms with Gasteiger partial charge in [-0.15, -0.1) is 0 Å². The highest BCUT2D eigenvalue weighted by Gasteiger charge is 2.25. The average Bonchev–Trinajstić information content (AvgIpc) is 2.36. The van der Waals surface area contributed by atoms with Crippen LogP contribution in [0.2, 0.25) is 0 Å². The molecule has 0 bridgehead atoms. The molecule has 4 nitrogen and oxygen atoms in total. The summed E-state index contributed by atoms with van der Waals surface area (Å²) in [4.78, 5) is 22.9. The summed E-state index contributed by atoms with van der Waals surface area (Å²) in [6.07, 6.45) is 2.97. The van der Waals surface area contributed by atoms with Gasteiger partial charge in [-0.3, -0.25) is 4.79 Å². The number of halogens is 1. The maximum absolute atomic E-state index is 11.4. The summed E-state index contributed by atoms with van der Waals surface area (Å²) in [6, 6.07) is 7.55. The lowest BCUT2D eigenvalue weighted by molar-refractivity contribution is -0.137. The zero-order valence-corrected chi connectivity index (χ0v) is 13.4. The predicted octanol–water partition coefficient (Wildman–Crippen LogP) is 2.92. The number of amides is 1. The van der Waals surface area contributed by atoms with Crippen LogP contribution in [0.25, 0.3) is 0 Å². The fourth-order valence-electron chi connectivity index (χ4n) is 1.81. The van der Waals surface area contributed by atoms with Crippen LogP contribution in [0.15, 0.2) is 40.9 Å². The molecule has 1 rings (SSSR count). The minimum absolute atomic E-state index is 0.180. The first-order valence-corrected chi connectivity index (χ1v) is 7.07. The van der Waals surface area contributed by atoms with Crippen LogP contribution in [0.3, 0.4) is 0 Å². The Morgan fingerprint density at radius 1 is 1.45 bits per heavy atom. The number of nitrogens with one attached hydrogen (secondary N) is 1. The van der Waals surface area contributed by atoms with Crippen LogP contribution in [0, 0.1) is 0 Å². The Bertz CT molecular complexity index is 528. The molecule has 5 heteroatoms. The second-order valence-corrected chi connectivity index (χ2v) is 5.39. The van der Waals surface area contributed by atoms with E-state index >= 15 is 0 Å². The molecule has 0 aliphatic heterocycles. The maximum atomic E-state index is 11.4. The molecule has 0 aromatic heterocycles. The predicted molar refractivity (Wildman–Crippen MR) is 81.1 cm³/mol. The number of carbonyl (C=O) groups excluding carboxylic acids is 2. The van der Waals surface area contributed by atoms with Crippen molar-refractivity contribution in [1.29, 1.82) is 0 Å². The molecule has 0 radical (unpaired) electrons. The van der Waals surface area contributed by atoms with E-state index in [0.29, 0.717) is 6.61 Å². The molecule has 1 aromatic carbocycles. The molecular weight excluding hydrogens is 322 g/mol. The van der Waals surface area contributed by atoms with E-state index < -0.39 is 11.5 Å². The summed E-state index contributed by atoms with van der Waals surface area (Å²) in [5, 5.41) is 2.84. The van der Waals surface area contributed by atoms with Gasteiger partial charge in [0.1, 0.15) is 0 Å². The highest BCUT2D eigenvalue weighted by atomic mass is 79.9. The van der Waals surface area contributed by atoms with E-state index in [1.54, 1.807) is 13.0 Å². The van der Waals surface area contributed by atoms with Crippen LogP contribution in [0.5, 0.6) is 0 Å². The van der Waals surface area contributed by atoms with Gasteiger partial charge in [0, 0.05) is 17.5 Å². The Balaban J connectivity index is 3.09. The summed E-state index contributed by atoms with van der Waals surface area (Å²) in [5.74, 6) is -0.611. The number of rotatable bonds is 5. The van der Waals surface area contributed by atoms with Gasteiger partial charge in [0.05, 0.1) is 12.1 Å². The van der Waals surface area contributed by atoms with Gasteiger partial charge in [-0.1, -0.05) is 28.1 Å². The van der Waals surface area contributed by atoms with E-state index in [1.807, 2.05) is 31.2 Å². The molecule has 0 heterocycles. The van der Waals surface area contributed by atoms with E-state index in [4.69, 9.17) is 4.74 Å². The average molecular weight is 340 g/mol. The van der Waals surface area contributed by atoms with E-state index in [2.05, 4.69) is 21.2 Å². The fraction of sp³-hybridized carbons (Fsp3) is 0.333. The van der Waals surface area contributed by atoms with Crippen molar-refractivity contribution in [2.45, 2.75) is 26.3 Å². The number of carbonyl (C=O) groups is 2. The molecule has 1 amide bonds. The van der Waals surface area contributed by atoms with Gasteiger partial charge in [-0.2, -0.15) is 0 Å². The van der Waals surface area contributed by atoms with E-state index in [9.17, 15) is 9.59 Å². The van der Waals surface area contributed by atoms with Crippen molar-refractivity contribution >= 4 is 27.8 Å². The molecule has 0 fully saturated rings. The topological polar surface area (TPSA) is 55.4 Å². The van der Waals surface area contributed by atoms with Gasteiger partial charge in [-0.05, 0) is 37.6 Å². The minimum atomic E-state index is -0.775. The maximum Gasteiger partial charge on any atom is 0.330 e. The van der Waals surface area contributed by atoms with Crippen LogP contribution in [0.1, 0.15) is 26.3 Å². The summed E-state index contributed by atoms with van der Waals surface area (Å²) < 4.78 is 5.75. The summed E-state index contributed by atoms with van der Waals surface area (Å²) in [7, 11) is 0. The molecule has 1 unspecified atom stereocenters. The minimum Gasteiger partial charge on any atom is -0.463 e. The molecule has 0 saturated carbocycles. The Labute approximate surface area is 127 Å². The van der Waals surface area contributed by atoms with E-state index in [0.717, 1.165) is 10.0 Å². The Hall–Kier alpha value is -1.62. The number of hydrogen-bond donors (Lipinski definition) is 1. The quantitative estimate of drug-likeness (QED) is 0.662. The van der Waals surface area contributed by atoms with Crippen molar-refractivity contribution in [1.82, 2.24) is 5.32 Å². The largest absolute Gasteiger partial charge is 0.463 e. The molecule has 0 spiro atoms. The highest BCUT2D eigenvalue weighted by Crippen LogP contribution is 2.25. The van der Waals surface area contributed by atoms with Crippen LogP contribution in [0.4, 0.5) is 0 Å². The molecule has 0 saturated heterocycles. The first-order chi connectivity index (χ1) is 9.37. The highest BCUT2D eigenvalue weighted by molar-refractivity contribution is 9.10. The van der Waals surface area contributed by atoms with Crippen molar-refractivity contribution in [3.05, 3.63) is 46.5 Å². The van der Waals surface area contributed by atoms with Crippen molar-refractivity contribution in [3.63, 3.8) is 0 Å². The van der Waals surface area contributed by atoms with Crippen LogP contribution in [-0.2, 0) is 19.9 Å². The van der Waals surface area contributed by atoms with Gasteiger partial charge in [0.15, 0.2) is 0 Å².